The molecule has 1 saturated carbocycles. The molecule has 2 saturated heterocycles. The summed E-state index contributed by atoms with van der Waals surface area (Å²) in [4.78, 5) is 30.6. The van der Waals surface area contributed by atoms with Gasteiger partial charge in [0, 0.05) is 19.2 Å². The van der Waals surface area contributed by atoms with E-state index in [9.17, 15) is 9.59 Å². The zero-order chi connectivity index (χ0) is 21.6. The zero-order valence-electron chi connectivity index (χ0n) is 18.8. The molecular weight excluding hydrogens is 392 g/mol. The Kier molecular flexibility index (Phi) is 7.49. The molecule has 1 aromatic rings. The number of nitrogens with zero attached hydrogens (tertiary/aromatic N) is 2. The van der Waals surface area contributed by atoms with Crippen LogP contribution in [0.1, 0.15) is 76.3 Å². The van der Waals surface area contributed by atoms with Gasteiger partial charge in [-0.2, -0.15) is 0 Å². The van der Waals surface area contributed by atoms with Crippen molar-refractivity contribution in [1.82, 2.24) is 9.80 Å². The fraction of sp³-hybridized carbons (Fsp3) is 0.680. The molecule has 0 aromatic heterocycles. The number of piperazine rings is 1. The van der Waals surface area contributed by atoms with Crippen LogP contribution in [0.15, 0.2) is 24.3 Å². The number of benzene rings is 1. The standard InChI is InChI=1S/C25H36N2O4/c1-2-3-15-30-21-13-11-19(12-14-21)24-25(29)26(20-8-5-4-6-9-20)18-23(28)27(24)17-22-10-7-16-31-22/h11-14,20,22,24H,2-10,15-18H2,1H3/t22-,24-/m1/s1. The SMILES string of the molecule is CCCCOc1ccc([C@@H]2C(=O)N(C3CCCCC3)CC(=O)N2C[C@H]2CCCO2)cc1. The fourth-order valence-corrected chi connectivity index (χ4v) is 5.07. The lowest BCUT2D eigenvalue weighted by Gasteiger charge is -2.45. The number of carbonyl (C=O) groups excluding carboxylic acids is 2. The van der Waals surface area contributed by atoms with Crippen molar-refractivity contribution in [2.75, 3.05) is 26.3 Å². The van der Waals surface area contributed by atoms with Crippen LogP contribution in [0.2, 0.25) is 0 Å². The molecule has 0 unspecified atom stereocenters. The van der Waals surface area contributed by atoms with E-state index in [1.165, 1.54) is 6.42 Å². The second kappa shape index (κ2) is 10.5. The molecule has 2 atom stereocenters. The van der Waals surface area contributed by atoms with E-state index >= 15 is 0 Å². The van der Waals surface area contributed by atoms with Gasteiger partial charge in [-0.15, -0.1) is 0 Å². The van der Waals surface area contributed by atoms with E-state index in [1.54, 1.807) is 4.90 Å². The van der Waals surface area contributed by atoms with Crippen LogP contribution in [-0.2, 0) is 14.3 Å². The van der Waals surface area contributed by atoms with Crippen LogP contribution in [0.25, 0.3) is 0 Å². The Morgan fingerprint density at radius 3 is 2.48 bits per heavy atom. The molecule has 2 aliphatic heterocycles. The highest BCUT2D eigenvalue weighted by Gasteiger charge is 2.43. The average Bonchev–Trinajstić information content (AvgIpc) is 3.31. The molecule has 3 aliphatic rings. The minimum absolute atomic E-state index is 0.0251. The number of unbranched alkanes of at least 4 members (excludes halogenated alkanes) is 1. The van der Waals surface area contributed by atoms with E-state index in [2.05, 4.69) is 6.92 Å². The van der Waals surface area contributed by atoms with Gasteiger partial charge in [-0.05, 0) is 49.8 Å². The topological polar surface area (TPSA) is 59.1 Å². The van der Waals surface area contributed by atoms with Crippen LogP contribution >= 0.6 is 0 Å². The maximum absolute atomic E-state index is 13.7. The Hall–Kier alpha value is -2.08. The van der Waals surface area contributed by atoms with Gasteiger partial charge >= 0.3 is 0 Å². The highest BCUT2D eigenvalue weighted by molar-refractivity contribution is 5.95. The predicted molar refractivity (Wildman–Crippen MR) is 119 cm³/mol. The van der Waals surface area contributed by atoms with E-state index < -0.39 is 6.04 Å². The Bertz CT molecular complexity index is 738. The molecule has 170 valence electrons. The largest absolute Gasteiger partial charge is 0.494 e. The molecule has 0 radical (unpaired) electrons. The number of hydrogen-bond acceptors (Lipinski definition) is 4. The Labute approximate surface area is 185 Å². The van der Waals surface area contributed by atoms with Gasteiger partial charge in [-0.1, -0.05) is 44.7 Å². The quantitative estimate of drug-likeness (QED) is 0.585. The summed E-state index contributed by atoms with van der Waals surface area (Å²) in [5.41, 5.74) is 0.861. The minimum Gasteiger partial charge on any atom is -0.494 e. The second-order valence-electron chi connectivity index (χ2n) is 9.11. The third-order valence-electron chi connectivity index (χ3n) is 6.86. The maximum Gasteiger partial charge on any atom is 0.250 e. The maximum atomic E-state index is 13.7. The summed E-state index contributed by atoms with van der Waals surface area (Å²) in [6, 6.07) is 7.36. The lowest BCUT2D eigenvalue weighted by molar-refractivity contribution is -0.160. The normalized spacial score (nSPS) is 25.3. The summed E-state index contributed by atoms with van der Waals surface area (Å²) < 4.78 is 11.6. The summed E-state index contributed by atoms with van der Waals surface area (Å²) >= 11 is 0. The molecule has 31 heavy (non-hydrogen) atoms. The molecule has 2 heterocycles. The third-order valence-corrected chi connectivity index (χ3v) is 6.86. The second-order valence-corrected chi connectivity index (χ2v) is 9.11. The van der Waals surface area contributed by atoms with Crippen LogP contribution in [0.5, 0.6) is 5.75 Å². The van der Waals surface area contributed by atoms with Crippen molar-refractivity contribution in [3.05, 3.63) is 29.8 Å². The van der Waals surface area contributed by atoms with E-state index in [0.29, 0.717) is 13.2 Å². The lowest BCUT2D eigenvalue weighted by atomic mass is 9.91. The summed E-state index contributed by atoms with van der Waals surface area (Å²) in [5.74, 6) is 0.902. The van der Waals surface area contributed by atoms with Gasteiger partial charge < -0.3 is 19.3 Å². The predicted octanol–water partition coefficient (Wildman–Crippen LogP) is 4.09. The smallest absolute Gasteiger partial charge is 0.250 e. The molecule has 1 aromatic carbocycles. The highest BCUT2D eigenvalue weighted by Crippen LogP contribution is 2.34. The molecule has 2 amide bonds. The number of carbonyl (C=O) groups is 2. The van der Waals surface area contributed by atoms with E-state index in [0.717, 1.165) is 69.3 Å². The van der Waals surface area contributed by atoms with Gasteiger partial charge in [0.05, 0.1) is 12.7 Å². The molecule has 1 aliphatic carbocycles. The number of hydrogen-bond donors (Lipinski definition) is 0. The van der Waals surface area contributed by atoms with Crippen molar-refractivity contribution < 1.29 is 19.1 Å². The molecule has 0 bridgehead atoms. The molecule has 0 N–H and O–H groups in total. The van der Waals surface area contributed by atoms with Crippen molar-refractivity contribution in [3.8, 4) is 5.75 Å². The van der Waals surface area contributed by atoms with E-state index in [1.807, 2.05) is 29.2 Å². The van der Waals surface area contributed by atoms with E-state index in [4.69, 9.17) is 9.47 Å². The van der Waals surface area contributed by atoms with Gasteiger partial charge in [-0.25, -0.2) is 0 Å². The lowest BCUT2D eigenvalue weighted by Crippen LogP contribution is -2.59. The summed E-state index contributed by atoms with van der Waals surface area (Å²) in [6.45, 7) is 4.26. The number of amides is 2. The monoisotopic (exact) mass is 428 g/mol. The first-order valence-electron chi connectivity index (χ1n) is 12.1. The van der Waals surface area contributed by atoms with Crippen LogP contribution in [0, 0.1) is 0 Å². The average molecular weight is 429 g/mol. The molecule has 4 rings (SSSR count). The first-order valence-corrected chi connectivity index (χ1v) is 12.1. The summed E-state index contributed by atoms with van der Waals surface area (Å²) in [6.07, 6.45) is 9.59. The van der Waals surface area contributed by atoms with Crippen LogP contribution in [-0.4, -0.2) is 60.1 Å². The summed E-state index contributed by atoms with van der Waals surface area (Å²) in [5, 5.41) is 0. The molecule has 0 spiro atoms. The van der Waals surface area contributed by atoms with Crippen molar-refractivity contribution in [2.24, 2.45) is 0 Å². The summed E-state index contributed by atoms with van der Waals surface area (Å²) in [7, 11) is 0. The first-order chi connectivity index (χ1) is 15.2. The van der Waals surface area contributed by atoms with Crippen LogP contribution in [0.4, 0.5) is 0 Å². The molecule has 3 fully saturated rings. The van der Waals surface area contributed by atoms with Gasteiger partial charge in [0.2, 0.25) is 5.91 Å². The first kappa shape index (κ1) is 22.1. The minimum atomic E-state index is -0.572. The van der Waals surface area contributed by atoms with Gasteiger partial charge in [0.1, 0.15) is 18.3 Å². The van der Waals surface area contributed by atoms with Crippen LogP contribution in [0.3, 0.4) is 0 Å². The van der Waals surface area contributed by atoms with Crippen molar-refractivity contribution in [2.45, 2.75) is 82.9 Å². The highest BCUT2D eigenvalue weighted by atomic mass is 16.5. The van der Waals surface area contributed by atoms with Gasteiger partial charge in [0.25, 0.3) is 5.91 Å². The van der Waals surface area contributed by atoms with Crippen molar-refractivity contribution in [1.29, 1.82) is 0 Å². The molecular formula is C25H36N2O4. The Balaban J connectivity index is 1.56. The third kappa shape index (κ3) is 5.22. The molecule has 6 nitrogen and oxygen atoms in total. The van der Waals surface area contributed by atoms with Gasteiger partial charge in [0.15, 0.2) is 0 Å². The Morgan fingerprint density at radius 1 is 1.03 bits per heavy atom. The number of ether oxygens (including phenoxy) is 2. The van der Waals surface area contributed by atoms with Crippen molar-refractivity contribution in [3.63, 3.8) is 0 Å². The fourth-order valence-electron chi connectivity index (χ4n) is 5.07. The van der Waals surface area contributed by atoms with Crippen molar-refractivity contribution >= 4 is 11.8 Å². The van der Waals surface area contributed by atoms with E-state index in [-0.39, 0.29) is 30.5 Å². The van der Waals surface area contributed by atoms with Gasteiger partial charge in [-0.3, -0.25) is 9.59 Å². The van der Waals surface area contributed by atoms with Crippen LogP contribution < -0.4 is 4.74 Å². The zero-order valence-corrected chi connectivity index (χ0v) is 18.8. The molecule has 6 heteroatoms. The number of rotatable bonds is 8. The Morgan fingerprint density at radius 2 is 1.81 bits per heavy atom.